The summed E-state index contributed by atoms with van der Waals surface area (Å²) in [6.07, 6.45) is 6.71. The SMILES string of the molecule is CC1CCC(C(NC(=O)c2cccc(-n3cccn3)c2)C(=O)N2C[C@H](Cl)[C@H]3OCC(=O)[C@H]32)CC1. The van der Waals surface area contributed by atoms with Gasteiger partial charge >= 0.3 is 0 Å². The minimum absolute atomic E-state index is 0.00666. The highest BCUT2D eigenvalue weighted by molar-refractivity contribution is 6.22. The van der Waals surface area contributed by atoms with Gasteiger partial charge in [0.05, 0.1) is 11.1 Å². The highest BCUT2D eigenvalue weighted by atomic mass is 35.5. The number of ketones is 1. The number of carbonyl (C=O) groups is 3. The Morgan fingerprint density at radius 1 is 1.21 bits per heavy atom. The molecule has 4 atom stereocenters. The number of carbonyl (C=O) groups excluding carboxylic acids is 3. The number of rotatable bonds is 5. The molecule has 9 heteroatoms. The fourth-order valence-electron chi connectivity index (χ4n) is 5.44. The molecular weight excluding hydrogens is 456 g/mol. The summed E-state index contributed by atoms with van der Waals surface area (Å²) in [6.45, 7) is 2.43. The number of nitrogens with zero attached hydrogens (tertiary/aromatic N) is 3. The zero-order valence-electron chi connectivity index (χ0n) is 19.1. The van der Waals surface area contributed by atoms with Crippen LogP contribution in [-0.4, -0.2) is 69.0 Å². The Morgan fingerprint density at radius 3 is 2.74 bits per heavy atom. The number of Topliss-reactive ketones (excluding diaryl/α,β-unsaturated/α-hetero) is 1. The molecule has 8 nitrogen and oxygen atoms in total. The number of aromatic nitrogens is 2. The van der Waals surface area contributed by atoms with E-state index in [0.29, 0.717) is 11.5 Å². The summed E-state index contributed by atoms with van der Waals surface area (Å²) in [4.78, 5) is 41.2. The lowest BCUT2D eigenvalue weighted by molar-refractivity contribution is -0.139. The van der Waals surface area contributed by atoms with E-state index in [0.717, 1.165) is 31.4 Å². The van der Waals surface area contributed by atoms with Crippen molar-refractivity contribution in [3.05, 3.63) is 48.3 Å². The second-order valence-electron chi connectivity index (χ2n) is 9.67. The maximum atomic E-state index is 13.8. The lowest BCUT2D eigenvalue weighted by Crippen LogP contribution is -2.55. The quantitative estimate of drug-likeness (QED) is 0.658. The van der Waals surface area contributed by atoms with Gasteiger partial charge in [-0.05, 0) is 48.9 Å². The number of alkyl halides is 1. The van der Waals surface area contributed by atoms with Crippen LogP contribution < -0.4 is 5.32 Å². The van der Waals surface area contributed by atoms with E-state index < -0.39 is 23.6 Å². The molecule has 2 aliphatic heterocycles. The Labute approximate surface area is 203 Å². The first-order valence-electron chi connectivity index (χ1n) is 11.9. The summed E-state index contributed by atoms with van der Waals surface area (Å²) in [5, 5.41) is 6.81. The first-order chi connectivity index (χ1) is 16.4. The molecule has 1 aromatic carbocycles. The molecule has 3 aliphatic rings. The Kier molecular flexibility index (Phi) is 6.44. The monoisotopic (exact) mass is 484 g/mol. The molecule has 3 heterocycles. The van der Waals surface area contributed by atoms with Crippen LogP contribution in [0.5, 0.6) is 0 Å². The van der Waals surface area contributed by atoms with E-state index in [-0.39, 0.29) is 36.7 Å². The highest BCUT2D eigenvalue weighted by Gasteiger charge is 2.53. The van der Waals surface area contributed by atoms with Crippen molar-refractivity contribution >= 4 is 29.2 Å². The second-order valence-corrected chi connectivity index (χ2v) is 10.2. The van der Waals surface area contributed by atoms with Crippen molar-refractivity contribution in [2.45, 2.75) is 56.2 Å². The van der Waals surface area contributed by atoms with Crippen LogP contribution in [0.2, 0.25) is 0 Å². The molecule has 2 amide bonds. The minimum atomic E-state index is -0.718. The van der Waals surface area contributed by atoms with Crippen LogP contribution in [0.25, 0.3) is 5.69 Å². The Bertz CT molecular complexity index is 1070. The van der Waals surface area contributed by atoms with Crippen molar-refractivity contribution in [1.82, 2.24) is 20.0 Å². The molecule has 0 spiro atoms. The maximum Gasteiger partial charge on any atom is 0.252 e. The number of ether oxygens (including phenoxy) is 1. The molecular formula is C25H29ClN4O4. The summed E-state index contributed by atoms with van der Waals surface area (Å²) in [5.74, 6) is -0.0871. The third-order valence-electron chi connectivity index (χ3n) is 7.37. The zero-order valence-corrected chi connectivity index (χ0v) is 19.9. The summed E-state index contributed by atoms with van der Waals surface area (Å²) in [7, 11) is 0. The van der Waals surface area contributed by atoms with Gasteiger partial charge in [0.2, 0.25) is 5.91 Å². The van der Waals surface area contributed by atoms with Gasteiger partial charge < -0.3 is 15.0 Å². The number of hydrogen-bond donors (Lipinski definition) is 1. The van der Waals surface area contributed by atoms with Crippen LogP contribution in [0.3, 0.4) is 0 Å². The molecule has 2 aromatic rings. The average molecular weight is 485 g/mol. The first kappa shape index (κ1) is 23.1. The molecule has 1 aliphatic carbocycles. The topological polar surface area (TPSA) is 93.5 Å². The largest absolute Gasteiger partial charge is 0.366 e. The number of halogens is 1. The number of benzene rings is 1. The molecule has 5 rings (SSSR count). The number of nitrogens with one attached hydrogen (secondary N) is 1. The van der Waals surface area contributed by atoms with Gasteiger partial charge in [-0.15, -0.1) is 11.6 Å². The van der Waals surface area contributed by atoms with E-state index >= 15 is 0 Å². The van der Waals surface area contributed by atoms with Gasteiger partial charge in [-0.1, -0.05) is 25.8 Å². The van der Waals surface area contributed by atoms with E-state index in [1.807, 2.05) is 12.1 Å². The van der Waals surface area contributed by atoms with E-state index in [1.165, 1.54) is 0 Å². The number of likely N-dealkylation sites (tertiary alicyclic amines) is 1. The van der Waals surface area contributed by atoms with Gasteiger partial charge in [0, 0.05) is 24.5 Å². The molecule has 3 fully saturated rings. The lowest BCUT2D eigenvalue weighted by atomic mass is 9.78. The van der Waals surface area contributed by atoms with Gasteiger partial charge in [-0.3, -0.25) is 14.4 Å². The van der Waals surface area contributed by atoms with Crippen LogP contribution >= 0.6 is 11.6 Å². The zero-order chi connectivity index (χ0) is 23.8. The van der Waals surface area contributed by atoms with Gasteiger partial charge in [-0.25, -0.2) is 4.68 Å². The van der Waals surface area contributed by atoms with Crippen molar-refractivity contribution in [3.63, 3.8) is 0 Å². The number of amides is 2. The second kappa shape index (κ2) is 9.50. The van der Waals surface area contributed by atoms with Crippen LogP contribution in [0.4, 0.5) is 0 Å². The predicted octanol–water partition coefficient (Wildman–Crippen LogP) is 2.58. The maximum absolute atomic E-state index is 13.8. The summed E-state index contributed by atoms with van der Waals surface area (Å²) in [5.41, 5.74) is 1.21. The highest BCUT2D eigenvalue weighted by Crippen LogP contribution is 2.35. The molecule has 180 valence electrons. The fourth-order valence-corrected chi connectivity index (χ4v) is 5.80. The van der Waals surface area contributed by atoms with Gasteiger partial charge in [0.1, 0.15) is 24.8 Å². The van der Waals surface area contributed by atoms with Crippen molar-refractivity contribution in [3.8, 4) is 5.69 Å². The fraction of sp³-hybridized carbons (Fsp3) is 0.520. The third kappa shape index (κ3) is 4.36. The Morgan fingerprint density at radius 2 is 2.00 bits per heavy atom. The Balaban J connectivity index is 1.39. The predicted molar refractivity (Wildman–Crippen MR) is 126 cm³/mol. The standard InChI is InChI=1S/C25H29ClN4O4/c1-15-6-8-16(9-7-15)21(25(33)29-13-19(26)23-22(29)20(31)14-34-23)28-24(32)17-4-2-5-18(12-17)30-11-3-10-27-30/h2-5,10-12,15-16,19,21-23H,6-9,13-14H2,1H3,(H,28,32)/t15?,16?,19-,21?,22+,23+/m0/s1. The van der Waals surface area contributed by atoms with Crippen molar-refractivity contribution in [1.29, 1.82) is 0 Å². The third-order valence-corrected chi connectivity index (χ3v) is 7.75. The van der Waals surface area contributed by atoms with Crippen LogP contribution in [0, 0.1) is 11.8 Å². The van der Waals surface area contributed by atoms with Crippen LogP contribution in [-0.2, 0) is 14.3 Å². The smallest absolute Gasteiger partial charge is 0.252 e. The van der Waals surface area contributed by atoms with Gasteiger partial charge in [0.25, 0.3) is 5.91 Å². The number of fused-ring (bicyclic) bond motifs is 1. The molecule has 0 radical (unpaired) electrons. The molecule has 34 heavy (non-hydrogen) atoms. The van der Waals surface area contributed by atoms with Crippen molar-refractivity contribution < 1.29 is 19.1 Å². The summed E-state index contributed by atoms with van der Waals surface area (Å²) < 4.78 is 7.23. The van der Waals surface area contributed by atoms with Crippen molar-refractivity contribution in [2.75, 3.05) is 13.2 Å². The summed E-state index contributed by atoms with van der Waals surface area (Å²) in [6, 6.07) is 7.56. The first-order valence-corrected chi connectivity index (χ1v) is 12.4. The molecule has 2 saturated heterocycles. The lowest BCUT2D eigenvalue weighted by Gasteiger charge is -2.35. The van der Waals surface area contributed by atoms with Crippen LogP contribution in [0.1, 0.15) is 43.0 Å². The van der Waals surface area contributed by atoms with E-state index in [9.17, 15) is 14.4 Å². The van der Waals surface area contributed by atoms with Gasteiger partial charge in [-0.2, -0.15) is 5.10 Å². The van der Waals surface area contributed by atoms with Crippen LogP contribution in [0.15, 0.2) is 42.7 Å². The molecule has 1 unspecified atom stereocenters. The molecule has 1 saturated carbocycles. The minimum Gasteiger partial charge on any atom is -0.366 e. The molecule has 1 aromatic heterocycles. The summed E-state index contributed by atoms with van der Waals surface area (Å²) >= 11 is 6.43. The van der Waals surface area contributed by atoms with Gasteiger partial charge in [0.15, 0.2) is 5.78 Å². The number of hydrogen-bond acceptors (Lipinski definition) is 5. The average Bonchev–Trinajstić information content (AvgIpc) is 3.58. The van der Waals surface area contributed by atoms with E-state index in [1.54, 1.807) is 40.2 Å². The molecule has 0 bridgehead atoms. The van der Waals surface area contributed by atoms with E-state index in [4.69, 9.17) is 16.3 Å². The normalized spacial score (nSPS) is 29.6. The molecule has 1 N–H and O–H groups in total. The van der Waals surface area contributed by atoms with E-state index in [2.05, 4.69) is 17.3 Å². The Hall–Kier alpha value is -2.71. The van der Waals surface area contributed by atoms with Crippen molar-refractivity contribution in [2.24, 2.45) is 11.8 Å².